The molecule has 3 heterocycles. The number of benzene rings is 9. The quantitative estimate of drug-likeness (QED) is 0.121. The van der Waals surface area contributed by atoms with Crippen LogP contribution in [0, 0.1) is 0 Å². The summed E-state index contributed by atoms with van der Waals surface area (Å²) in [5, 5.41) is 0. The van der Waals surface area contributed by atoms with Crippen LogP contribution in [-0.2, 0) is 12.8 Å². The van der Waals surface area contributed by atoms with Crippen molar-refractivity contribution in [2.75, 3.05) is 9.71 Å². The maximum absolute atomic E-state index is 6.83. The third-order valence-electron chi connectivity index (χ3n) is 13.8. The zero-order valence-corrected chi connectivity index (χ0v) is 38.1. The van der Waals surface area contributed by atoms with Crippen molar-refractivity contribution >= 4 is 46.2 Å². The molecule has 324 valence electrons. The summed E-state index contributed by atoms with van der Waals surface area (Å²) >= 11 is 0. The number of para-hydroxylation sites is 3. The van der Waals surface area contributed by atoms with Crippen LogP contribution >= 0.6 is 0 Å². The molecule has 0 radical (unpaired) electrons. The Labute approximate surface area is 394 Å². The molecule has 0 fully saturated rings. The number of hydrogen-bond donors (Lipinski definition) is 0. The molecule has 12 rings (SSSR count). The molecule has 0 saturated heterocycles. The molecule has 0 spiro atoms. The Bertz CT molecular complexity index is 3300. The molecule has 0 N–H and O–H groups in total. The van der Waals surface area contributed by atoms with Crippen LogP contribution in [0.4, 0.5) is 28.4 Å². The van der Waals surface area contributed by atoms with Crippen molar-refractivity contribution < 1.29 is 9.47 Å². The minimum absolute atomic E-state index is 0.241. The molecule has 0 unspecified atom stereocenters. The van der Waals surface area contributed by atoms with Crippen LogP contribution in [0.1, 0.15) is 50.7 Å². The van der Waals surface area contributed by atoms with E-state index in [2.05, 4.69) is 199 Å². The van der Waals surface area contributed by atoms with Crippen LogP contribution in [0.5, 0.6) is 23.0 Å². The Hall–Kier alpha value is -7.76. The van der Waals surface area contributed by atoms with Crippen LogP contribution in [0.2, 0.25) is 0 Å². The van der Waals surface area contributed by atoms with Crippen LogP contribution in [0.25, 0.3) is 44.5 Å². The van der Waals surface area contributed by atoms with Crippen molar-refractivity contribution in [3.05, 3.63) is 211 Å². The summed E-state index contributed by atoms with van der Waals surface area (Å²) in [5.74, 6) is 2.82. The highest BCUT2D eigenvalue weighted by Crippen LogP contribution is 2.54. The number of ether oxygens (including phenoxy) is 2. The molecule has 9 aromatic rings. The van der Waals surface area contributed by atoms with Gasteiger partial charge >= 0.3 is 6.85 Å². The van der Waals surface area contributed by atoms with E-state index in [9.17, 15) is 0 Å². The Balaban J connectivity index is 1.19. The molecule has 0 atom stereocenters. The Morgan fingerprint density at radius 1 is 0.373 bits per heavy atom. The maximum atomic E-state index is 6.83. The molecule has 3 aliphatic rings. The van der Waals surface area contributed by atoms with Gasteiger partial charge in [-0.25, -0.2) is 0 Å². The normalized spacial score (nSPS) is 12.8. The Kier molecular flexibility index (Phi) is 10.5. The minimum Gasteiger partial charge on any atom is -0.450 e. The SMILES string of the molecule is CCCCc1ccc(N2B3c4cc5c(cc4N(c4ccc(CCCC)cc4-c4ccccc4)c4cc(-c6ccccc6)cc(c43)-c3ccccc32)Oc2ccccc2O5)c(-c2ccccc2)c1. The highest BCUT2D eigenvalue weighted by atomic mass is 16.6. The molecule has 0 saturated carbocycles. The minimum atomic E-state index is -0.241. The molecule has 9 aromatic carbocycles. The lowest BCUT2D eigenvalue weighted by Gasteiger charge is -2.47. The fraction of sp³-hybridized carbons (Fsp3) is 0.129. The van der Waals surface area contributed by atoms with Crippen molar-refractivity contribution in [2.45, 2.75) is 52.4 Å². The van der Waals surface area contributed by atoms with E-state index in [1.807, 2.05) is 24.3 Å². The van der Waals surface area contributed by atoms with Crippen molar-refractivity contribution in [2.24, 2.45) is 0 Å². The van der Waals surface area contributed by atoms with Gasteiger partial charge < -0.3 is 19.2 Å². The zero-order valence-electron chi connectivity index (χ0n) is 38.1. The van der Waals surface area contributed by atoms with E-state index in [0.717, 1.165) is 66.7 Å². The number of unbranched alkanes of at least 4 members (excludes halogenated alkanes) is 2. The van der Waals surface area contributed by atoms with Crippen molar-refractivity contribution in [1.29, 1.82) is 0 Å². The van der Waals surface area contributed by atoms with Gasteiger partial charge in [-0.1, -0.05) is 160 Å². The summed E-state index contributed by atoms with van der Waals surface area (Å²) in [6.45, 7) is 4.30. The van der Waals surface area contributed by atoms with E-state index >= 15 is 0 Å². The van der Waals surface area contributed by atoms with Crippen LogP contribution < -0.4 is 30.1 Å². The van der Waals surface area contributed by atoms with Crippen molar-refractivity contribution in [3.63, 3.8) is 0 Å². The van der Waals surface area contributed by atoms with Gasteiger partial charge in [0.1, 0.15) is 0 Å². The topological polar surface area (TPSA) is 24.9 Å². The first-order chi connectivity index (χ1) is 33.1. The smallest absolute Gasteiger partial charge is 0.333 e. The first-order valence-corrected chi connectivity index (χ1v) is 24.1. The first kappa shape index (κ1) is 40.7. The van der Waals surface area contributed by atoms with Gasteiger partial charge in [-0.15, -0.1) is 0 Å². The second kappa shape index (κ2) is 17.2. The molecule has 0 amide bonds. The third-order valence-corrected chi connectivity index (χ3v) is 13.8. The van der Waals surface area contributed by atoms with Gasteiger partial charge in [0.25, 0.3) is 0 Å². The van der Waals surface area contributed by atoms with Crippen molar-refractivity contribution in [1.82, 2.24) is 0 Å². The molecule has 5 heteroatoms. The molecular weight excluding hydrogens is 816 g/mol. The predicted octanol–water partition coefficient (Wildman–Crippen LogP) is 16.0. The van der Waals surface area contributed by atoms with Gasteiger partial charge in [-0.05, 0) is 136 Å². The number of aryl methyl sites for hydroxylation is 2. The van der Waals surface area contributed by atoms with Crippen LogP contribution in [-0.4, -0.2) is 6.85 Å². The molecule has 4 nitrogen and oxygen atoms in total. The van der Waals surface area contributed by atoms with Gasteiger partial charge in [-0.3, -0.25) is 0 Å². The van der Waals surface area contributed by atoms with Gasteiger partial charge in [-0.2, -0.15) is 0 Å². The molecule has 0 aliphatic carbocycles. The van der Waals surface area contributed by atoms with Gasteiger partial charge in [0.05, 0.1) is 5.69 Å². The Morgan fingerprint density at radius 2 is 0.896 bits per heavy atom. The fourth-order valence-corrected chi connectivity index (χ4v) is 10.6. The lowest BCUT2D eigenvalue weighted by Crippen LogP contribution is -2.61. The van der Waals surface area contributed by atoms with Crippen LogP contribution in [0.15, 0.2) is 200 Å². The molecule has 0 aromatic heterocycles. The number of anilines is 5. The largest absolute Gasteiger partial charge is 0.450 e. The second-order valence-corrected chi connectivity index (χ2v) is 18.1. The summed E-state index contributed by atoms with van der Waals surface area (Å²) in [6, 6.07) is 73.4. The lowest BCUT2D eigenvalue weighted by molar-refractivity contribution is 0.360. The highest BCUT2D eigenvalue weighted by Gasteiger charge is 2.47. The van der Waals surface area contributed by atoms with Gasteiger partial charge in [0, 0.05) is 45.5 Å². The summed E-state index contributed by atoms with van der Waals surface area (Å²) in [7, 11) is 0. The number of nitrogens with zero attached hydrogens (tertiary/aromatic N) is 2. The van der Waals surface area contributed by atoms with E-state index in [-0.39, 0.29) is 6.85 Å². The number of rotatable bonds is 11. The zero-order chi connectivity index (χ0) is 44.8. The van der Waals surface area contributed by atoms with Gasteiger partial charge in [0.15, 0.2) is 23.0 Å². The maximum Gasteiger partial charge on any atom is 0.333 e. The molecule has 3 aliphatic heterocycles. The van der Waals surface area contributed by atoms with Gasteiger partial charge in [0.2, 0.25) is 0 Å². The van der Waals surface area contributed by atoms with E-state index < -0.39 is 0 Å². The number of fused-ring (bicyclic) bond motifs is 6. The lowest BCUT2D eigenvalue weighted by atomic mass is 9.43. The predicted molar refractivity (Wildman–Crippen MR) is 280 cm³/mol. The van der Waals surface area contributed by atoms with E-state index in [1.165, 1.54) is 66.8 Å². The van der Waals surface area contributed by atoms with Crippen molar-refractivity contribution in [3.8, 4) is 67.5 Å². The summed E-state index contributed by atoms with van der Waals surface area (Å²) < 4.78 is 13.6. The second-order valence-electron chi connectivity index (χ2n) is 18.1. The molecule has 67 heavy (non-hydrogen) atoms. The summed E-state index contributed by atoms with van der Waals surface area (Å²) in [6.07, 6.45) is 6.64. The molecular formula is C62H51BN2O2. The fourth-order valence-electron chi connectivity index (χ4n) is 10.6. The highest BCUT2D eigenvalue weighted by molar-refractivity contribution is 6.93. The number of hydrogen-bond acceptors (Lipinski definition) is 4. The molecule has 0 bridgehead atoms. The third kappa shape index (κ3) is 7.18. The average molecular weight is 867 g/mol. The average Bonchev–Trinajstić information content (AvgIpc) is 3.39. The van der Waals surface area contributed by atoms with E-state index in [0.29, 0.717) is 23.0 Å². The van der Waals surface area contributed by atoms with E-state index in [1.54, 1.807) is 0 Å². The standard InChI is InChI=1S/C62H51BN2O2/c1-3-5-20-42-32-34-53(49(36-42)45-24-12-8-13-25-45)64-56-41-61-60(66-58-30-18-19-31-59(58)67-61)40-52(56)63-62-51(38-47(39-57(62)64)44-22-10-7-11-23-44)48-28-16-17-29-54(48)65(63)55-35-33-43(21-6-4-2)37-50(55)46-26-14-9-15-27-46/h7-19,22-41H,3-6,20-21H2,1-2H3. The monoisotopic (exact) mass is 866 g/mol. The van der Waals surface area contributed by atoms with E-state index in [4.69, 9.17) is 9.47 Å². The first-order valence-electron chi connectivity index (χ1n) is 24.1. The summed E-state index contributed by atoms with van der Waals surface area (Å²) in [5.41, 5.74) is 20.3. The summed E-state index contributed by atoms with van der Waals surface area (Å²) in [4.78, 5) is 5.16. The van der Waals surface area contributed by atoms with Crippen LogP contribution in [0.3, 0.4) is 0 Å². The Morgan fingerprint density at radius 3 is 1.52 bits per heavy atom.